The number of likely N-dealkylation sites (tertiary alicyclic amines) is 2. The summed E-state index contributed by atoms with van der Waals surface area (Å²) in [5.74, 6) is -9.02. The number of carboxylic acids is 1. The molecule has 23 N–H and O–H groups in total. The van der Waals surface area contributed by atoms with Crippen molar-refractivity contribution in [3.63, 3.8) is 0 Å². The van der Waals surface area contributed by atoms with Gasteiger partial charge in [0.2, 0.25) is 53.2 Å². The summed E-state index contributed by atoms with van der Waals surface area (Å²) in [6.07, 6.45) is 1.16. The number of aliphatic imine (C=N–C) groups is 3. The van der Waals surface area contributed by atoms with Crippen LogP contribution in [0.15, 0.2) is 56.8 Å². The lowest BCUT2D eigenvalue weighted by Gasteiger charge is -2.42. The van der Waals surface area contributed by atoms with Crippen molar-refractivity contribution in [2.45, 2.75) is 169 Å². The van der Waals surface area contributed by atoms with Crippen molar-refractivity contribution in [2.24, 2.45) is 55.1 Å². The van der Waals surface area contributed by atoms with E-state index in [-0.39, 0.29) is 115 Å². The topological polar surface area (TPSA) is 544 Å². The van der Waals surface area contributed by atoms with Crippen LogP contribution < -0.4 is 66.7 Å². The predicted octanol–water partition coefficient (Wildman–Crippen LogP) is -6.05. The number of nitrogens with two attached hydrogens (primary N) is 7. The third kappa shape index (κ3) is 21.2. The number of nitrogens with one attached hydrogen (secondary N) is 5. The number of aliphatic hydroxyl groups is 3. The molecule has 34 heteroatoms. The SMILES string of the molecule is NC(N)=NCCC[C@H](NC(=O)CN(C(=O)[C@H]1Cc2ccccc2CN1C(=O)[C@H](CO)NC(=O)[C@H](Cc1cccs1)NC(=O)CNC(=O)[C@H]1C[C@H](O)CN1C(=O)[C@H]1C[C@H](O)CN1C(=O)[C@H](CCCN=C(N)N)NC(=O)[C@@H](N)CCCN=C(N)N)C1CCCCC1)C(=O)O. The van der Waals surface area contributed by atoms with Crippen LogP contribution in [0.5, 0.6) is 0 Å². The highest BCUT2D eigenvalue weighted by Crippen LogP contribution is 2.30. The molecular weight excluding hydrogens is 1220 g/mol. The van der Waals surface area contributed by atoms with Gasteiger partial charge >= 0.3 is 5.97 Å². The number of carbonyl (C=O) groups excluding carboxylic acids is 9. The van der Waals surface area contributed by atoms with Crippen molar-refractivity contribution in [1.29, 1.82) is 0 Å². The number of aliphatic carboxylic acids is 1. The minimum absolute atomic E-state index is 0.0107. The Morgan fingerprint density at radius 3 is 1.79 bits per heavy atom. The van der Waals surface area contributed by atoms with E-state index in [9.17, 15) is 63.6 Å². The monoisotopic (exact) mass is 1310 g/mol. The van der Waals surface area contributed by atoms with Crippen molar-refractivity contribution in [3.8, 4) is 0 Å². The normalized spacial score (nSPS) is 20.3. The molecule has 0 radical (unpaired) electrons. The zero-order chi connectivity index (χ0) is 67.2. The average Bonchev–Trinajstić information content (AvgIpc) is 1.24. The van der Waals surface area contributed by atoms with Gasteiger partial charge in [-0.2, -0.15) is 0 Å². The largest absolute Gasteiger partial charge is 0.480 e. The highest BCUT2D eigenvalue weighted by atomic mass is 32.1. The van der Waals surface area contributed by atoms with E-state index in [4.69, 9.17) is 40.1 Å². The molecule has 3 aliphatic heterocycles. The Labute approximate surface area is 535 Å². The van der Waals surface area contributed by atoms with Crippen LogP contribution in [0.3, 0.4) is 0 Å². The number of nitrogens with zero attached hydrogens (tertiary/aromatic N) is 7. The fourth-order valence-electron chi connectivity index (χ4n) is 11.8. The maximum absolute atomic E-state index is 15.1. The number of amides is 9. The van der Waals surface area contributed by atoms with Gasteiger partial charge in [-0.05, 0) is 73.9 Å². The maximum Gasteiger partial charge on any atom is 0.326 e. The van der Waals surface area contributed by atoms with E-state index in [2.05, 4.69) is 41.6 Å². The first-order chi connectivity index (χ1) is 43.8. The maximum atomic E-state index is 15.1. The van der Waals surface area contributed by atoms with E-state index in [0.29, 0.717) is 29.7 Å². The molecule has 9 amide bonds. The number of carbonyl (C=O) groups is 10. The number of hydrogen-bond donors (Lipinski definition) is 16. The lowest BCUT2D eigenvalue weighted by Crippen LogP contribution is -2.62. The molecule has 0 unspecified atom stereocenters. The smallest absolute Gasteiger partial charge is 0.326 e. The summed E-state index contributed by atoms with van der Waals surface area (Å²) in [5.41, 5.74) is 40.1. The summed E-state index contributed by atoms with van der Waals surface area (Å²) < 4.78 is 0. The quantitative estimate of drug-likeness (QED) is 0.0184. The molecule has 0 bridgehead atoms. The van der Waals surface area contributed by atoms with Crippen LogP contribution in [0, 0.1) is 0 Å². The minimum atomic E-state index is -1.69. The van der Waals surface area contributed by atoms with E-state index in [1.54, 1.807) is 41.8 Å². The van der Waals surface area contributed by atoms with E-state index < -0.39 is 145 Å². The minimum Gasteiger partial charge on any atom is -0.480 e. The zero-order valence-electron chi connectivity index (χ0n) is 51.3. The van der Waals surface area contributed by atoms with Gasteiger partial charge < -0.3 is 107 Å². The molecule has 3 fully saturated rings. The molecule has 1 aliphatic carbocycles. The first-order valence-electron chi connectivity index (χ1n) is 30.7. The Kier molecular flexibility index (Phi) is 27.7. The number of fused-ring (bicyclic) bond motifs is 1. The van der Waals surface area contributed by atoms with Crippen LogP contribution in [0.1, 0.15) is 99.5 Å². The predicted molar refractivity (Wildman–Crippen MR) is 337 cm³/mol. The van der Waals surface area contributed by atoms with Gasteiger partial charge in [0.15, 0.2) is 17.9 Å². The van der Waals surface area contributed by atoms with Crippen molar-refractivity contribution in [2.75, 3.05) is 52.4 Å². The van der Waals surface area contributed by atoms with Gasteiger partial charge in [0.25, 0.3) is 0 Å². The average molecular weight is 1310 g/mol. The zero-order valence-corrected chi connectivity index (χ0v) is 52.1. The summed E-state index contributed by atoms with van der Waals surface area (Å²) in [4.78, 5) is 158. The molecule has 10 atom stereocenters. The fraction of sp³-hybridized carbons (Fsp3) is 0.603. The summed E-state index contributed by atoms with van der Waals surface area (Å²) in [5, 5.41) is 57.1. The molecule has 1 aromatic heterocycles. The van der Waals surface area contributed by atoms with E-state index in [0.717, 1.165) is 34.6 Å². The number of rotatable bonds is 32. The van der Waals surface area contributed by atoms with Crippen molar-refractivity contribution in [1.82, 2.24) is 46.2 Å². The lowest BCUT2D eigenvalue weighted by atomic mass is 9.90. The standard InChI is InChI=1S/C58H89N19O14S/c59-38(15-6-18-66-56(60)61)48(83)72-39(16-7-19-67-57(62)63)51(86)77-29-36(80)24-45(77)54(89)76-28-35(79)23-43(76)50(85)69-26-46(81)71-41(25-37-14-9-21-92-37)49(84)73-42(31-78)52(87)75-27-33-11-5-4-10-32(33)22-44(75)53(88)74(34-12-2-1-3-13-34)30-47(82)70-40(55(90)91)17-8-20-68-58(64)65/h4-5,9-11,14,21,34-36,38-45,78-80H,1-3,6-8,12-13,15-20,22-31,59H2,(H,69,85)(H,70,82)(H,71,81)(H,72,83)(H,73,84)(H,90,91)(H4,60,61,66)(H4,62,63,67)(H4,64,65,68)/t35-,36-,38-,39-,40-,41-,42-,43+,44+,45+/m0/s1. The number of hydrogen-bond acceptors (Lipinski definition) is 18. The van der Waals surface area contributed by atoms with Crippen LogP contribution in [0.25, 0.3) is 0 Å². The van der Waals surface area contributed by atoms with Gasteiger partial charge in [-0.1, -0.05) is 49.6 Å². The molecular formula is C58H89N19O14S. The Hall–Kier alpha value is -8.73. The van der Waals surface area contributed by atoms with Gasteiger partial charge in [-0.15, -0.1) is 11.3 Å². The molecule has 4 aliphatic rings. The van der Waals surface area contributed by atoms with Gasteiger partial charge in [0.05, 0.1) is 37.9 Å². The van der Waals surface area contributed by atoms with Gasteiger partial charge in [-0.25, -0.2) is 4.79 Å². The second-order valence-corrected chi connectivity index (χ2v) is 24.4. The number of β-amino-alcohol motifs (C(OH)–C–C–N with tert-alkyl or cyclic N) is 2. The molecule has 6 rings (SSSR count). The molecule has 1 saturated carbocycles. The van der Waals surface area contributed by atoms with Gasteiger partial charge in [0, 0.05) is 75.9 Å². The van der Waals surface area contributed by atoms with Gasteiger partial charge in [-0.3, -0.25) is 58.1 Å². The Bertz CT molecular complexity index is 2990. The Balaban J connectivity index is 1.14. The molecule has 0 spiro atoms. The highest BCUT2D eigenvalue weighted by molar-refractivity contribution is 7.09. The summed E-state index contributed by atoms with van der Waals surface area (Å²) >= 11 is 1.25. The van der Waals surface area contributed by atoms with Gasteiger partial charge in [0.1, 0.15) is 42.3 Å². The molecule has 1 aromatic carbocycles. The van der Waals surface area contributed by atoms with Crippen LogP contribution in [-0.4, -0.2) is 236 Å². The molecule has 506 valence electrons. The molecule has 2 saturated heterocycles. The molecule has 33 nitrogen and oxygen atoms in total. The van der Waals surface area contributed by atoms with Crippen LogP contribution in [0.2, 0.25) is 0 Å². The first-order valence-corrected chi connectivity index (χ1v) is 31.6. The highest BCUT2D eigenvalue weighted by Gasteiger charge is 2.48. The first kappa shape index (κ1) is 72.3. The van der Waals surface area contributed by atoms with E-state index >= 15 is 4.79 Å². The van der Waals surface area contributed by atoms with E-state index in [1.807, 2.05) is 0 Å². The number of guanidine groups is 3. The third-order valence-electron chi connectivity index (χ3n) is 16.4. The second-order valence-electron chi connectivity index (χ2n) is 23.3. The molecule has 92 heavy (non-hydrogen) atoms. The molecule has 4 heterocycles. The van der Waals surface area contributed by atoms with Crippen LogP contribution >= 0.6 is 11.3 Å². The van der Waals surface area contributed by atoms with Crippen LogP contribution in [0.4, 0.5) is 0 Å². The number of thiophene rings is 1. The van der Waals surface area contributed by atoms with Crippen molar-refractivity contribution < 1.29 is 68.4 Å². The molecule has 2 aromatic rings. The van der Waals surface area contributed by atoms with Crippen molar-refractivity contribution in [3.05, 3.63) is 57.8 Å². The summed E-state index contributed by atoms with van der Waals surface area (Å²) in [7, 11) is 0. The van der Waals surface area contributed by atoms with Crippen LogP contribution in [-0.2, 0) is 67.3 Å². The third-order valence-corrected chi connectivity index (χ3v) is 17.3. The Morgan fingerprint density at radius 2 is 1.20 bits per heavy atom. The van der Waals surface area contributed by atoms with Crippen molar-refractivity contribution >= 4 is 88.3 Å². The second kappa shape index (κ2) is 35.2. The summed E-state index contributed by atoms with van der Waals surface area (Å²) in [6, 6.07) is -0.782. The number of aliphatic hydroxyl groups excluding tert-OH is 3. The Morgan fingerprint density at radius 1 is 0.630 bits per heavy atom. The number of benzene rings is 1. The van der Waals surface area contributed by atoms with E-state index in [1.165, 1.54) is 21.1 Å². The summed E-state index contributed by atoms with van der Waals surface area (Å²) in [6.45, 7) is -2.72. The number of carboxylic acid groups (broad SMARTS) is 1. The lowest BCUT2D eigenvalue weighted by molar-refractivity contribution is -0.152. The fourth-order valence-corrected chi connectivity index (χ4v) is 12.6.